The highest BCUT2D eigenvalue weighted by molar-refractivity contribution is 7.66. The highest BCUT2D eigenvalue weighted by atomic mass is 31.3. The third kappa shape index (κ3) is 6.48. The van der Waals surface area contributed by atoms with Gasteiger partial charge >= 0.3 is 29.2 Å². The summed E-state index contributed by atoms with van der Waals surface area (Å²) in [7, 11) is -17.4. The van der Waals surface area contributed by atoms with Gasteiger partial charge in [-0.1, -0.05) is 0 Å². The lowest BCUT2D eigenvalue weighted by Crippen LogP contribution is -2.48. The Morgan fingerprint density at radius 2 is 1.79 bits per heavy atom. The van der Waals surface area contributed by atoms with E-state index in [0.29, 0.717) is 0 Å². The first-order valence-electron chi connectivity index (χ1n) is 8.23. The lowest BCUT2D eigenvalue weighted by atomic mass is 9.95. The Bertz CT molecular complexity index is 1150. The summed E-state index contributed by atoms with van der Waals surface area (Å²) in [5.74, 6) is -1.61. The summed E-state index contributed by atoms with van der Waals surface area (Å²) < 4.78 is 92.5. The van der Waals surface area contributed by atoms with E-state index in [2.05, 4.69) is 13.1 Å². The van der Waals surface area contributed by atoms with E-state index in [4.69, 9.17) is 19.4 Å². The van der Waals surface area contributed by atoms with Crippen LogP contribution in [-0.2, 0) is 31.6 Å². The number of aliphatic hydroxyl groups excluding tert-OH is 1. The standard InChI is InChI=1S/C11H16F3N2O14P3/c1-4(28-32(23,24)30-33(25,26)29-31(20,21)22)6-7(17)11(14,3-12)9(27-6)16-2-5(13)8(18)15-10(16)19/h2,4,6-7,9,17H,3H2,1H3,(H,23,24)(H,25,26)(H,15,18,19)(H2,20,21,22)/t4-,6-,7?,9-,11-/m1/s1. The fraction of sp³-hybridized carbons (Fsp3) is 0.636. The number of halogens is 3. The molecule has 6 N–H and O–H groups in total. The number of alkyl halides is 2. The molecule has 0 saturated carbocycles. The Morgan fingerprint density at radius 1 is 1.21 bits per heavy atom. The van der Waals surface area contributed by atoms with Gasteiger partial charge in [0.2, 0.25) is 11.5 Å². The number of nitrogens with zero attached hydrogens (tertiary/aromatic N) is 1. The molecule has 16 nitrogen and oxygen atoms in total. The van der Waals surface area contributed by atoms with Crippen LogP contribution in [0.2, 0.25) is 0 Å². The first kappa shape index (κ1) is 28.0. The maximum Gasteiger partial charge on any atom is 0.490 e. The minimum atomic E-state index is -5.91. The van der Waals surface area contributed by atoms with E-state index in [0.717, 1.165) is 6.92 Å². The van der Waals surface area contributed by atoms with Crippen molar-refractivity contribution in [1.82, 2.24) is 9.55 Å². The van der Waals surface area contributed by atoms with Gasteiger partial charge in [0.15, 0.2) is 6.23 Å². The fourth-order valence-electron chi connectivity index (χ4n) is 2.77. The number of phosphoric acid groups is 3. The quantitative estimate of drug-likeness (QED) is 0.209. The molecule has 1 aromatic heterocycles. The van der Waals surface area contributed by atoms with Crippen LogP contribution in [0.1, 0.15) is 13.2 Å². The van der Waals surface area contributed by atoms with Crippen LogP contribution in [0, 0.1) is 5.82 Å². The van der Waals surface area contributed by atoms with Crippen LogP contribution < -0.4 is 11.2 Å². The third-order valence-corrected chi connectivity index (χ3v) is 7.99. The number of H-pyrrole nitrogens is 1. The topological polar surface area (TPSA) is 244 Å². The largest absolute Gasteiger partial charge is 0.490 e. The summed E-state index contributed by atoms with van der Waals surface area (Å²) in [6.07, 6.45) is -8.99. The fourth-order valence-corrected chi connectivity index (χ4v) is 5.97. The molecule has 33 heavy (non-hydrogen) atoms. The van der Waals surface area contributed by atoms with Gasteiger partial charge in [-0.15, -0.1) is 0 Å². The lowest BCUT2D eigenvalue weighted by Gasteiger charge is -2.26. The van der Waals surface area contributed by atoms with E-state index in [-0.39, 0.29) is 10.8 Å². The van der Waals surface area contributed by atoms with Gasteiger partial charge in [-0.05, 0) is 6.92 Å². The molecule has 0 radical (unpaired) electrons. The van der Waals surface area contributed by atoms with Crippen molar-refractivity contribution in [3.8, 4) is 0 Å². The molecule has 0 spiro atoms. The minimum absolute atomic E-state index is 0.0527. The van der Waals surface area contributed by atoms with Crippen LogP contribution in [0.15, 0.2) is 15.8 Å². The molecule has 0 aliphatic carbocycles. The van der Waals surface area contributed by atoms with Gasteiger partial charge in [0.1, 0.15) is 18.9 Å². The Kier molecular flexibility index (Phi) is 8.03. The zero-order chi connectivity index (χ0) is 25.6. The molecule has 2 heterocycles. The van der Waals surface area contributed by atoms with Crippen molar-refractivity contribution in [1.29, 1.82) is 0 Å². The van der Waals surface area contributed by atoms with Crippen LogP contribution in [0.25, 0.3) is 0 Å². The lowest BCUT2D eigenvalue weighted by molar-refractivity contribution is -0.0859. The monoisotopic (exact) mass is 550 g/mol. The molecule has 1 aromatic rings. The van der Waals surface area contributed by atoms with Gasteiger partial charge < -0.3 is 29.4 Å². The number of aromatic amines is 1. The van der Waals surface area contributed by atoms with Crippen LogP contribution in [-0.4, -0.2) is 64.9 Å². The maximum absolute atomic E-state index is 15.2. The molecule has 1 aliphatic heterocycles. The van der Waals surface area contributed by atoms with E-state index in [1.165, 1.54) is 4.98 Å². The molecule has 22 heteroatoms. The van der Waals surface area contributed by atoms with Crippen molar-refractivity contribution < 1.29 is 69.4 Å². The van der Waals surface area contributed by atoms with E-state index in [9.17, 15) is 42.1 Å². The molecule has 2 rings (SSSR count). The van der Waals surface area contributed by atoms with Crippen molar-refractivity contribution in [2.45, 2.75) is 37.1 Å². The van der Waals surface area contributed by atoms with Gasteiger partial charge in [0.25, 0.3) is 5.56 Å². The van der Waals surface area contributed by atoms with Crippen molar-refractivity contribution in [3.05, 3.63) is 32.9 Å². The van der Waals surface area contributed by atoms with Gasteiger partial charge in [0.05, 0.1) is 12.3 Å². The molecule has 1 saturated heterocycles. The second-order valence-corrected chi connectivity index (χ2v) is 10.9. The van der Waals surface area contributed by atoms with Crippen molar-refractivity contribution in [3.63, 3.8) is 0 Å². The number of phosphoric ester groups is 1. The molecule has 1 fully saturated rings. The molecule has 7 atom stereocenters. The predicted octanol–water partition coefficient (Wildman–Crippen LogP) is -0.656. The van der Waals surface area contributed by atoms with Crippen LogP contribution >= 0.6 is 23.5 Å². The Hall–Kier alpha value is -1.20. The first-order valence-corrected chi connectivity index (χ1v) is 12.8. The van der Waals surface area contributed by atoms with E-state index in [1.807, 2.05) is 0 Å². The minimum Gasteiger partial charge on any atom is -0.387 e. The zero-order valence-corrected chi connectivity index (χ0v) is 18.6. The smallest absolute Gasteiger partial charge is 0.387 e. The summed E-state index contributed by atoms with van der Waals surface area (Å²) in [6, 6.07) is 0. The summed E-state index contributed by atoms with van der Waals surface area (Å²) in [6.45, 7) is -1.27. The number of aliphatic hydroxyl groups is 1. The summed E-state index contributed by atoms with van der Waals surface area (Å²) in [4.78, 5) is 60.1. The maximum atomic E-state index is 15.2. The van der Waals surface area contributed by atoms with Crippen LogP contribution in [0.5, 0.6) is 0 Å². The summed E-state index contributed by atoms with van der Waals surface area (Å²) in [5, 5.41) is 10.2. The molecule has 190 valence electrons. The highest BCUT2D eigenvalue weighted by Gasteiger charge is 2.61. The van der Waals surface area contributed by atoms with Gasteiger partial charge in [-0.3, -0.25) is 18.9 Å². The summed E-state index contributed by atoms with van der Waals surface area (Å²) >= 11 is 0. The number of nitrogens with one attached hydrogen (secondary N) is 1. The summed E-state index contributed by atoms with van der Waals surface area (Å²) in [5.41, 5.74) is -6.47. The van der Waals surface area contributed by atoms with E-state index < -0.39 is 77.4 Å². The van der Waals surface area contributed by atoms with Gasteiger partial charge in [-0.2, -0.15) is 13.0 Å². The number of rotatable bonds is 9. The van der Waals surface area contributed by atoms with Crippen molar-refractivity contribution >= 4 is 23.5 Å². The Labute approximate surface area is 180 Å². The molecule has 1 aliphatic rings. The van der Waals surface area contributed by atoms with Crippen molar-refractivity contribution in [2.24, 2.45) is 0 Å². The Balaban J connectivity index is 2.30. The highest BCUT2D eigenvalue weighted by Crippen LogP contribution is 2.66. The van der Waals surface area contributed by atoms with Crippen LogP contribution in [0.3, 0.4) is 0 Å². The molecular weight excluding hydrogens is 534 g/mol. The SMILES string of the molecule is C[C@@H](OP(=O)(O)OP(=O)(O)OP(=O)(O)O)[C@H]1O[C@@H](n2cc(F)c(=O)[nH]c2=O)[C@@](F)(CF)C1O. The van der Waals surface area contributed by atoms with Crippen molar-refractivity contribution in [2.75, 3.05) is 6.67 Å². The zero-order valence-electron chi connectivity index (χ0n) is 15.9. The van der Waals surface area contributed by atoms with Gasteiger partial charge in [-0.25, -0.2) is 27.3 Å². The number of hydrogen-bond donors (Lipinski definition) is 6. The first-order chi connectivity index (χ1) is 14.8. The third-order valence-electron chi connectivity index (χ3n) is 4.06. The average Bonchev–Trinajstić information content (AvgIpc) is 2.87. The molecule has 0 amide bonds. The number of aromatic nitrogens is 2. The second kappa shape index (κ2) is 9.45. The average molecular weight is 550 g/mol. The molecule has 0 aromatic carbocycles. The second-order valence-electron chi connectivity index (χ2n) is 6.50. The molecule has 3 unspecified atom stereocenters. The van der Waals surface area contributed by atoms with E-state index in [1.54, 1.807) is 0 Å². The number of ether oxygens (including phenoxy) is 1. The van der Waals surface area contributed by atoms with E-state index >= 15 is 4.39 Å². The number of hydrogen-bond acceptors (Lipinski definition) is 10. The molecule has 0 bridgehead atoms. The normalized spacial score (nSPS) is 30.5. The molecular formula is C11H16F3N2O14P3. The predicted molar refractivity (Wildman–Crippen MR) is 95.4 cm³/mol. The Morgan fingerprint density at radius 3 is 2.30 bits per heavy atom. The van der Waals surface area contributed by atoms with Gasteiger partial charge in [0, 0.05) is 0 Å². The van der Waals surface area contributed by atoms with Crippen LogP contribution in [0.4, 0.5) is 13.2 Å².